The topological polar surface area (TPSA) is 59.2 Å². The Kier molecular flexibility index (Phi) is 3.19. The molecule has 1 aromatic rings. The maximum atomic E-state index is 12.0. The number of nitrogens with zero attached hydrogens (tertiary/aromatic N) is 2. The van der Waals surface area contributed by atoms with Crippen LogP contribution < -0.4 is 5.73 Å². The number of hydrogen-bond donors (Lipinski definition) is 1. The molecular formula is C12H17N3O. The van der Waals surface area contributed by atoms with Crippen molar-refractivity contribution in [3.8, 4) is 0 Å². The molecule has 2 rings (SSSR count). The number of nitrogens with two attached hydrogens (primary N) is 1. The summed E-state index contributed by atoms with van der Waals surface area (Å²) < 4.78 is 0. The van der Waals surface area contributed by atoms with E-state index < -0.39 is 0 Å². The Balaban J connectivity index is 1.98. The van der Waals surface area contributed by atoms with Crippen LogP contribution in [0.5, 0.6) is 0 Å². The summed E-state index contributed by atoms with van der Waals surface area (Å²) >= 11 is 0. The summed E-state index contributed by atoms with van der Waals surface area (Å²) in [5, 5.41) is 0. The Morgan fingerprint density at radius 2 is 2.19 bits per heavy atom. The van der Waals surface area contributed by atoms with Gasteiger partial charge in [0.25, 0.3) is 0 Å². The van der Waals surface area contributed by atoms with Gasteiger partial charge in [0, 0.05) is 31.5 Å². The molecule has 86 valence electrons. The number of pyridine rings is 1. The maximum Gasteiger partial charge on any atom is 0.227 e. The van der Waals surface area contributed by atoms with Gasteiger partial charge >= 0.3 is 0 Å². The fraction of sp³-hybridized carbons (Fsp3) is 0.500. The van der Waals surface area contributed by atoms with Crippen LogP contribution >= 0.6 is 0 Å². The zero-order chi connectivity index (χ0) is 11.5. The van der Waals surface area contributed by atoms with Gasteiger partial charge in [-0.05, 0) is 31.0 Å². The Labute approximate surface area is 95.5 Å². The molecule has 1 amide bonds. The monoisotopic (exact) mass is 219 g/mol. The predicted octanol–water partition coefficient (Wildman–Crippen LogP) is 0.777. The third-order valence-corrected chi connectivity index (χ3v) is 2.97. The number of carbonyl (C=O) groups excluding carboxylic acids is 1. The van der Waals surface area contributed by atoms with E-state index in [1.807, 2.05) is 24.0 Å². The highest BCUT2D eigenvalue weighted by molar-refractivity contribution is 5.82. The minimum atomic E-state index is 0.0572. The van der Waals surface area contributed by atoms with E-state index >= 15 is 0 Å². The molecule has 0 aliphatic heterocycles. The number of aromatic nitrogens is 1. The number of hydrogen-bond acceptors (Lipinski definition) is 3. The molecular weight excluding hydrogens is 202 g/mol. The molecule has 2 atom stereocenters. The van der Waals surface area contributed by atoms with Gasteiger partial charge in [-0.25, -0.2) is 0 Å². The summed E-state index contributed by atoms with van der Waals surface area (Å²) in [6.07, 6.45) is 4.33. The molecule has 0 bridgehead atoms. The first-order chi connectivity index (χ1) is 7.72. The largest absolute Gasteiger partial charge is 0.338 e. The van der Waals surface area contributed by atoms with Gasteiger partial charge in [0.1, 0.15) is 0 Å². The van der Waals surface area contributed by atoms with Crippen molar-refractivity contribution >= 4 is 5.91 Å². The minimum Gasteiger partial charge on any atom is -0.338 e. The molecule has 4 heteroatoms. The van der Waals surface area contributed by atoms with Crippen molar-refractivity contribution in [2.24, 2.45) is 11.7 Å². The first-order valence-electron chi connectivity index (χ1n) is 5.65. The predicted molar refractivity (Wildman–Crippen MR) is 61.4 cm³/mol. The molecule has 2 N–H and O–H groups in total. The third kappa shape index (κ3) is 2.39. The van der Waals surface area contributed by atoms with Crippen molar-refractivity contribution in [2.75, 3.05) is 6.54 Å². The molecule has 0 aromatic carbocycles. The van der Waals surface area contributed by atoms with E-state index in [1.54, 1.807) is 12.4 Å². The van der Waals surface area contributed by atoms with Crippen LogP contribution in [0.15, 0.2) is 24.5 Å². The Hall–Kier alpha value is -1.42. The summed E-state index contributed by atoms with van der Waals surface area (Å²) in [6.45, 7) is 3.37. The highest BCUT2D eigenvalue weighted by atomic mass is 16.2. The molecule has 1 saturated carbocycles. The van der Waals surface area contributed by atoms with Crippen LogP contribution in [0.2, 0.25) is 0 Å². The minimum absolute atomic E-state index is 0.0572. The zero-order valence-corrected chi connectivity index (χ0v) is 9.47. The standard InChI is InChI=1S/C12H17N3O/c1-2-15(12(16)10-7-11(10)13)8-9-3-5-14-6-4-9/h3-6,10-11H,2,7-8,13H2,1H3. The van der Waals surface area contributed by atoms with Gasteiger partial charge in [-0.1, -0.05) is 0 Å². The molecule has 1 aliphatic rings. The van der Waals surface area contributed by atoms with Gasteiger partial charge in [-0.15, -0.1) is 0 Å². The van der Waals surface area contributed by atoms with E-state index in [2.05, 4.69) is 4.98 Å². The molecule has 2 unspecified atom stereocenters. The molecule has 16 heavy (non-hydrogen) atoms. The lowest BCUT2D eigenvalue weighted by atomic mass is 10.2. The van der Waals surface area contributed by atoms with Crippen LogP contribution in [0, 0.1) is 5.92 Å². The summed E-state index contributed by atoms with van der Waals surface area (Å²) in [5.74, 6) is 0.244. The summed E-state index contributed by atoms with van der Waals surface area (Å²) in [7, 11) is 0. The fourth-order valence-electron chi connectivity index (χ4n) is 1.79. The van der Waals surface area contributed by atoms with Gasteiger partial charge in [0.05, 0.1) is 5.92 Å². The van der Waals surface area contributed by atoms with Crippen LogP contribution in [-0.4, -0.2) is 28.4 Å². The second-order valence-corrected chi connectivity index (χ2v) is 4.21. The smallest absolute Gasteiger partial charge is 0.227 e. The van der Waals surface area contributed by atoms with E-state index in [0.717, 1.165) is 18.5 Å². The van der Waals surface area contributed by atoms with Gasteiger partial charge in [-0.2, -0.15) is 0 Å². The van der Waals surface area contributed by atoms with Crippen molar-refractivity contribution < 1.29 is 4.79 Å². The van der Waals surface area contributed by atoms with Crippen molar-refractivity contribution in [3.05, 3.63) is 30.1 Å². The lowest BCUT2D eigenvalue weighted by molar-refractivity contribution is -0.133. The zero-order valence-electron chi connectivity index (χ0n) is 9.47. The van der Waals surface area contributed by atoms with Gasteiger partial charge < -0.3 is 10.6 Å². The molecule has 1 aromatic heterocycles. The molecule has 0 radical (unpaired) electrons. The third-order valence-electron chi connectivity index (χ3n) is 2.97. The molecule has 4 nitrogen and oxygen atoms in total. The Bertz CT molecular complexity index is 366. The fourth-order valence-corrected chi connectivity index (χ4v) is 1.79. The number of rotatable bonds is 4. The molecule has 1 fully saturated rings. The number of amides is 1. The maximum absolute atomic E-state index is 12.0. The Morgan fingerprint density at radius 3 is 2.69 bits per heavy atom. The van der Waals surface area contributed by atoms with Crippen LogP contribution in [0.4, 0.5) is 0 Å². The lowest BCUT2D eigenvalue weighted by Crippen LogP contribution is -2.33. The highest BCUT2D eigenvalue weighted by Gasteiger charge is 2.41. The van der Waals surface area contributed by atoms with Gasteiger partial charge in [0.2, 0.25) is 5.91 Å². The first-order valence-corrected chi connectivity index (χ1v) is 5.65. The van der Waals surface area contributed by atoms with Gasteiger partial charge in [0.15, 0.2) is 0 Å². The van der Waals surface area contributed by atoms with E-state index in [1.165, 1.54) is 0 Å². The molecule has 0 saturated heterocycles. The summed E-state index contributed by atoms with van der Waals surface area (Å²) in [4.78, 5) is 17.8. The second kappa shape index (κ2) is 4.61. The molecule has 0 spiro atoms. The normalized spacial score (nSPS) is 22.9. The van der Waals surface area contributed by atoms with Crippen molar-refractivity contribution in [1.29, 1.82) is 0 Å². The van der Waals surface area contributed by atoms with Crippen molar-refractivity contribution in [3.63, 3.8) is 0 Å². The second-order valence-electron chi connectivity index (χ2n) is 4.21. The summed E-state index contributed by atoms with van der Waals surface area (Å²) in [5.41, 5.74) is 6.81. The summed E-state index contributed by atoms with van der Waals surface area (Å²) in [6, 6.07) is 3.95. The van der Waals surface area contributed by atoms with E-state index in [4.69, 9.17) is 5.73 Å². The first kappa shape index (κ1) is 11.1. The highest BCUT2D eigenvalue weighted by Crippen LogP contribution is 2.30. The molecule has 1 aliphatic carbocycles. The quantitative estimate of drug-likeness (QED) is 0.814. The van der Waals surface area contributed by atoms with Crippen molar-refractivity contribution in [1.82, 2.24) is 9.88 Å². The molecule has 1 heterocycles. The van der Waals surface area contributed by atoms with Crippen molar-refractivity contribution in [2.45, 2.75) is 25.9 Å². The average Bonchev–Trinajstić information content (AvgIpc) is 3.04. The van der Waals surface area contributed by atoms with Gasteiger partial charge in [-0.3, -0.25) is 9.78 Å². The van der Waals surface area contributed by atoms with Crippen LogP contribution in [0.1, 0.15) is 18.9 Å². The Morgan fingerprint density at radius 1 is 1.56 bits per heavy atom. The SMILES string of the molecule is CCN(Cc1ccncc1)C(=O)C1CC1N. The average molecular weight is 219 g/mol. The van der Waals surface area contributed by atoms with E-state index in [-0.39, 0.29) is 17.9 Å². The van der Waals surface area contributed by atoms with Crippen LogP contribution in [0.3, 0.4) is 0 Å². The van der Waals surface area contributed by atoms with E-state index in [9.17, 15) is 4.79 Å². The number of carbonyl (C=O) groups is 1. The van der Waals surface area contributed by atoms with Crippen LogP contribution in [-0.2, 0) is 11.3 Å². The van der Waals surface area contributed by atoms with Crippen LogP contribution in [0.25, 0.3) is 0 Å². The lowest BCUT2D eigenvalue weighted by Gasteiger charge is -2.20. The van der Waals surface area contributed by atoms with E-state index in [0.29, 0.717) is 6.54 Å².